The van der Waals surface area contributed by atoms with Gasteiger partial charge in [-0.05, 0) is 25.0 Å². The van der Waals surface area contributed by atoms with Crippen LogP contribution in [-0.4, -0.2) is 57.4 Å². The smallest absolute Gasteiger partial charge is 0.248 e. The first-order valence-electron chi connectivity index (χ1n) is 9.40. The summed E-state index contributed by atoms with van der Waals surface area (Å²) in [6.45, 7) is 3.53. The van der Waals surface area contributed by atoms with Gasteiger partial charge in [0.15, 0.2) is 0 Å². The summed E-state index contributed by atoms with van der Waals surface area (Å²) in [5.74, 6) is 0.674. The first kappa shape index (κ1) is 17.9. The number of rotatable bonds is 5. The van der Waals surface area contributed by atoms with Crippen LogP contribution in [0.5, 0.6) is 5.88 Å². The quantitative estimate of drug-likeness (QED) is 0.798. The number of fused-ring (bicyclic) bond motifs is 1. The van der Waals surface area contributed by atoms with Crippen molar-refractivity contribution in [2.45, 2.75) is 38.4 Å². The third-order valence-corrected chi connectivity index (χ3v) is 5.08. The van der Waals surface area contributed by atoms with Gasteiger partial charge in [0.05, 0.1) is 31.9 Å². The fourth-order valence-corrected chi connectivity index (χ4v) is 3.80. The summed E-state index contributed by atoms with van der Waals surface area (Å²) in [6.07, 6.45) is 5.93. The fraction of sp³-hybridized carbons (Fsp3) is 0.526. The molecule has 0 N–H and O–H groups in total. The Balaban J connectivity index is 1.48. The van der Waals surface area contributed by atoms with Gasteiger partial charge in [-0.3, -0.25) is 19.2 Å². The standard InChI is InChI=1S/C19H25N5O3/c1-26-19-15(5-4-7-20-19)12-22-13-16-6-8-21-24(16)17(14-22)11-18(25)23-9-2-3-10-27-23/h4-8,17H,2-3,9-14H2,1H3/t17-/m0/s1. The molecule has 0 radical (unpaired) electrons. The van der Waals surface area contributed by atoms with E-state index in [1.165, 1.54) is 5.06 Å². The normalized spacial score (nSPS) is 20.3. The molecule has 4 heterocycles. The Bertz CT molecular complexity index is 787. The fourth-order valence-electron chi connectivity index (χ4n) is 3.80. The molecule has 1 amide bonds. The highest BCUT2D eigenvalue weighted by Crippen LogP contribution is 2.27. The molecule has 2 aliphatic heterocycles. The van der Waals surface area contributed by atoms with Gasteiger partial charge in [0.25, 0.3) is 0 Å². The van der Waals surface area contributed by atoms with E-state index < -0.39 is 0 Å². The van der Waals surface area contributed by atoms with Crippen molar-refractivity contribution in [2.75, 3.05) is 26.8 Å². The predicted molar refractivity (Wildman–Crippen MR) is 97.7 cm³/mol. The second kappa shape index (κ2) is 8.06. The summed E-state index contributed by atoms with van der Waals surface area (Å²) in [5, 5.41) is 5.98. The number of pyridine rings is 1. The van der Waals surface area contributed by atoms with Gasteiger partial charge in [-0.2, -0.15) is 5.10 Å². The van der Waals surface area contributed by atoms with E-state index in [1.54, 1.807) is 19.5 Å². The zero-order valence-corrected chi connectivity index (χ0v) is 15.6. The number of ether oxygens (including phenoxy) is 1. The van der Waals surface area contributed by atoms with Crippen molar-refractivity contribution >= 4 is 5.91 Å². The molecule has 2 aromatic rings. The third-order valence-electron chi connectivity index (χ3n) is 5.08. The highest BCUT2D eigenvalue weighted by atomic mass is 16.7. The minimum atomic E-state index is -0.00978. The summed E-state index contributed by atoms with van der Waals surface area (Å²) in [5.41, 5.74) is 2.15. The monoisotopic (exact) mass is 371 g/mol. The Hall–Kier alpha value is -2.45. The van der Waals surface area contributed by atoms with Gasteiger partial charge in [-0.15, -0.1) is 0 Å². The molecule has 0 aromatic carbocycles. The number of hydrogen-bond donors (Lipinski definition) is 0. The lowest BCUT2D eigenvalue weighted by molar-refractivity contribution is -0.198. The highest BCUT2D eigenvalue weighted by molar-refractivity contribution is 5.75. The molecule has 2 aliphatic rings. The average Bonchev–Trinajstić information content (AvgIpc) is 3.18. The van der Waals surface area contributed by atoms with Crippen LogP contribution in [0.25, 0.3) is 0 Å². The van der Waals surface area contributed by atoms with Crippen molar-refractivity contribution in [3.8, 4) is 5.88 Å². The summed E-state index contributed by atoms with van der Waals surface area (Å²) in [4.78, 5) is 24.8. The van der Waals surface area contributed by atoms with Gasteiger partial charge in [-0.25, -0.2) is 10.0 Å². The maximum atomic E-state index is 12.7. The largest absolute Gasteiger partial charge is 0.481 e. The zero-order chi connectivity index (χ0) is 18.6. The number of hydrogen-bond acceptors (Lipinski definition) is 6. The van der Waals surface area contributed by atoms with Crippen molar-refractivity contribution in [3.05, 3.63) is 41.9 Å². The molecular weight excluding hydrogens is 346 g/mol. The lowest BCUT2D eigenvalue weighted by Gasteiger charge is -2.35. The number of carbonyl (C=O) groups is 1. The molecule has 8 nitrogen and oxygen atoms in total. The Kier molecular flexibility index (Phi) is 5.35. The molecule has 0 unspecified atom stereocenters. The minimum absolute atomic E-state index is 0.00978. The van der Waals surface area contributed by atoms with Crippen molar-refractivity contribution in [1.82, 2.24) is 24.7 Å². The van der Waals surface area contributed by atoms with Crippen molar-refractivity contribution in [2.24, 2.45) is 0 Å². The van der Waals surface area contributed by atoms with Crippen LogP contribution in [0.4, 0.5) is 0 Å². The molecule has 0 saturated carbocycles. The van der Waals surface area contributed by atoms with E-state index in [0.29, 0.717) is 32.0 Å². The molecule has 2 aromatic heterocycles. The molecule has 1 fully saturated rings. The van der Waals surface area contributed by atoms with Crippen LogP contribution in [0.2, 0.25) is 0 Å². The molecule has 0 aliphatic carbocycles. The van der Waals surface area contributed by atoms with E-state index in [4.69, 9.17) is 9.57 Å². The van der Waals surface area contributed by atoms with Gasteiger partial charge >= 0.3 is 0 Å². The summed E-state index contributed by atoms with van der Waals surface area (Å²) in [6, 6.07) is 5.95. The van der Waals surface area contributed by atoms with E-state index in [2.05, 4.69) is 15.0 Å². The molecule has 144 valence electrons. The number of amides is 1. The molecule has 4 rings (SSSR count). The predicted octanol–water partition coefficient (Wildman–Crippen LogP) is 1.79. The van der Waals surface area contributed by atoms with Crippen LogP contribution in [0, 0.1) is 0 Å². The van der Waals surface area contributed by atoms with Gasteiger partial charge < -0.3 is 4.74 Å². The lowest BCUT2D eigenvalue weighted by Crippen LogP contribution is -2.42. The van der Waals surface area contributed by atoms with Gasteiger partial charge in [0, 0.05) is 44.1 Å². The molecule has 8 heteroatoms. The Morgan fingerprint density at radius 1 is 1.33 bits per heavy atom. The van der Waals surface area contributed by atoms with E-state index in [9.17, 15) is 4.79 Å². The summed E-state index contributed by atoms with van der Waals surface area (Å²) in [7, 11) is 1.64. The SMILES string of the molecule is COc1ncccc1CN1Cc2ccnn2[C@@H](CC(=O)N2CCCCO2)C1. The summed E-state index contributed by atoms with van der Waals surface area (Å²) < 4.78 is 7.36. The molecule has 27 heavy (non-hydrogen) atoms. The van der Waals surface area contributed by atoms with Crippen LogP contribution in [0.3, 0.4) is 0 Å². The molecule has 1 atom stereocenters. The lowest BCUT2D eigenvalue weighted by atomic mass is 10.1. The Morgan fingerprint density at radius 3 is 3.07 bits per heavy atom. The summed E-state index contributed by atoms with van der Waals surface area (Å²) >= 11 is 0. The number of nitrogens with zero attached hydrogens (tertiary/aromatic N) is 5. The zero-order valence-electron chi connectivity index (χ0n) is 15.6. The number of aromatic nitrogens is 3. The van der Waals surface area contributed by atoms with Crippen LogP contribution in [0.1, 0.15) is 36.6 Å². The molecular formula is C19H25N5O3. The van der Waals surface area contributed by atoms with Crippen LogP contribution in [0.15, 0.2) is 30.6 Å². The number of methoxy groups -OCH3 is 1. The van der Waals surface area contributed by atoms with Crippen LogP contribution >= 0.6 is 0 Å². The van der Waals surface area contributed by atoms with Gasteiger partial charge in [0.2, 0.25) is 11.8 Å². The molecule has 1 saturated heterocycles. The van der Waals surface area contributed by atoms with Gasteiger partial charge in [0.1, 0.15) is 0 Å². The maximum Gasteiger partial charge on any atom is 0.248 e. The van der Waals surface area contributed by atoms with E-state index in [-0.39, 0.29) is 11.9 Å². The topological polar surface area (TPSA) is 72.7 Å². The minimum Gasteiger partial charge on any atom is -0.481 e. The molecule has 0 bridgehead atoms. The van der Waals surface area contributed by atoms with Crippen molar-refractivity contribution in [1.29, 1.82) is 0 Å². The average molecular weight is 371 g/mol. The first-order valence-corrected chi connectivity index (χ1v) is 9.40. The van der Waals surface area contributed by atoms with Gasteiger partial charge in [-0.1, -0.05) is 6.07 Å². The number of carbonyl (C=O) groups excluding carboxylic acids is 1. The van der Waals surface area contributed by atoms with Crippen LogP contribution < -0.4 is 4.74 Å². The van der Waals surface area contributed by atoms with E-state index in [0.717, 1.165) is 37.2 Å². The van der Waals surface area contributed by atoms with Crippen molar-refractivity contribution in [3.63, 3.8) is 0 Å². The highest BCUT2D eigenvalue weighted by Gasteiger charge is 2.30. The van der Waals surface area contributed by atoms with E-state index >= 15 is 0 Å². The Labute approximate surface area is 158 Å². The second-order valence-corrected chi connectivity index (χ2v) is 7.00. The van der Waals surface area contributed by atoms with Crippen LogP contribution in [-0.2, 0) is 22.7 Å². The Morgan fingerprint density at radius 2 is 2.26 bits per heavy atom. The third kappa shape index (κ3) is 3.96. The second-order valence-electron chi connectivity index (χ2n) is 7.00. The number of hydroxylamine groups is 2. The first-order chi connectivity index (χ1) is 13.2. The molecule has 0 spiro atoms. The van der Waals surface area contributed by atoms with E-state index in [1.807, 2.05) is 22.9 Å². The maximum absolute atomic E-state index is 12.7. The van der Waals surface area contributed by atoms with Crippen molar-refractivity contribution < 1.29 is 14.4 Å².